The molecule has 2 heterocycles. The average Bonchev–Trinajstić information content (AvgIpc) is 2.53. The zero-order chi connectivity index (χ0) is 8.44. The maximum Gasteiger partial charge on any atom is 0.209 e. The summed E-state index contributed by atoms with van der Waals surface area (Å²) in [6.07, 6.45) is 4.72. The number of piperidine rings is 1. The van der Waals surface area contributed by atoms with Crippen LogP contribution in [0.25, 0.3) is 0 Å². The van der Waals surface area contributed by atoms with E-state index >= 15 is 0 Å². The highest BCUT2D eigenvalue weighted by Crippen LogP contribution is 2.34. The summed E-state index contributed by atoms with van der Waals surface area (Å²) in [7, 11) is 0. The zero-order valence-electron chi connectivity index (χ0n) is 7.38. The fraction of sp³-hybridized carbons (Fsp3) is 0.889. The summed E-state index contributed by atoms with van der Waals surface area (Å²) in [4.78, 5) is 12.5. The van der Waals surface area contributed by atoms with Crippen molar-refractivity contribution in [3.63, 3.8) is 0 Å². The summed E-state index contributed by atoms with van der Waals surface area (Å²) in [5.41, 5.74) is 0.430. The first kappa shape index (κ1) is 8.05. The number of hydrogen-bond donors (Lipinski definition) is 1. The molecular formula is C9H16N2O. The van der Waals surface area contributed by atoms with Crippen molar-refractivity contribution < 1.29 is 4.79 Å². The van der Waals surface area contributed by atoms with Crippen LogP contribution in [0.15, 0.2) is 0 Å². The van der Waals surface area contributed by atoms with Crippen molar-refractivity contribution in [2.75, 3.05) is 26.2 Å². The van der Waals surface area contributed by atoms with Gasteiger partial charge in [0.05, 0.1) is 0 Å². The Kier molecular flexibility index (Phi) is 2.05. The average molecular weight is 168 g/mol. The van der Waals surface area contributed by atoms with Crippen LogP contribution in [0.4, 0.5) is 0 Å². The van der Waals surface area contributed by atoms with E-state index in [2.05, 4.69) is 5.32 Å². The Morgan fingerprint density at radius 1 is 1.42 bits per heavy atom. The SMILES string of the molecule is O=CN1CCCC2(CCNC2)C1. The van der Waals surface area contributed by atoms with Gasteiger partial charge in [-0.1, -0.05) is 0 Å². The molecule has 3 heteroatoms. The molecule has 2 aliphatic heterocycles. The fourth-order valence-electron chi connectivity index (χ4n) is 2.48. The molecule has 0 aromatic heterocycles. The molecular weight excluding hydrogens is 152 g/mol. The van der Waals surface area contributed by atoms with E-state index in [1.54, 1.807) is 0 Å². The van der Waals surface area contributed by atoms with E-state index in [1.165, 1.54) is 19.3 Å². The highest BCUT2D eigenvalue weighted by Gasteiger charge is 2.37. The van der Waals surface area contributed by atoms with Crippen LogP contribution in [0.1, 0.15) is 19.3 Å². The van der Waals surface area contributed by atoms with Crippen molar-refractivity contribution in [2.24, 2.45) is 5.41 Å². The molecule has 1 spiro atoms. The number of carbonyl (C=O) groups is 1. The van der Waals surface area contributed by atoms with Crippen LogP contribution >= 0.6 is 0 Å². The minimum atomic E-state index is 0.430. The number of amides is 1. The monoisotopic (exact) mass is 168 g/mol. The Morgan fingerprint density at radius 2 is 2.33 bits per heavy atom. The maximum atomic E-state index is 10.6. The number of hydrogen-bond acceptors (Lipinski definition) is 2. The quantitative estimate of drug-likeness (QED) is 0.568. The minimum Gasteiger partial charge on any atom is -0.345 e. The van der Waals surface area contributed by atoms with Crippen molar-refractivity contribution >= 4 is 6.41 Å². The molecule has 3 nitrogen and oxygen atoms in total. The van der Waals surface area contributed by atoms with Gasteiger partial charge in [0.15, 0.2) is 0 Å². The third kappa shape index (κ3) is 1.33. The first-order chi connectivity index (χ1) is 5.85. The van der Waals surface area contributed by atoms with Crippen LogP contribution in [0, 0.1) is 5.41 Å². The van der Waals surface area contributed by atoms with E-state index in [1.807, 2.05) is 4.90 Å². The standard InChI is InChI=1S/C9H16N2O/c12-8-11-5-1-2-9(7-11)3-4-10-6-9/h8,10H,1-7H2. The lowest BCUT2D eigenvalue weighted by Gasteiger charge is -2.38. The second kappa shape index (κ2) is 3.05. The van der Waals surface area contributed by atoms with Crippen LogP contribution in [0.2, 0.25) is 0 Å². The van der Waals surface area contributed by atoms with Gasteiger partial charge >= 0.3 is 0 Å². The maximum absolute atomic E-state index is 10.6. The van der Waals surface area contributed by atoms with Crippen molar-refractivity contribution in [1.29, 1.82) is 0 Å². The Labute approximate surface area is 73.1 Å². The molecule has 0 aromatic carbocycles. The first-order valence-electron chi connectivity index (χ1n) is 4.75. The predicted octanol–water partition coefficient (Wildman–Crippen LogP) is 0.218. The molecule has 2 rings (SSSR count). The lowest BCUT2D eigenvalue weighted by molar-refractivity contribution is -0.121. The van der Waals surface area contributed by atoms with E-state index in [4.69, 9.17) is 0 Å². The van der Waals surface area contributed by atoms with Gasteiger partial charge in [0.25, 0.3) is 0 Å². The van der Waals surface area contributed by atoms with Crippen LogP contribution in [0.3, 0.4) is 0 Å². The molecule has 2 fully saturated rings. The second-order valence-electron chi connectivity index (χ2n) is 4.11. The number of rotatable bonds is 1. The Balaban J connectivity index is 2.01. The topological polar surface area (TPSA) is 32.3 Å². The molecule has 0 aromatic rings. The Hall–Kier alpha value is -0.570. The molecule has 0 aliphatic carbocycles. The van der Waals surface area contributed by atoms with Crippen molar-refractivity contribution in [3.8, 4) is 0 Å². The summed E-state index contributed by atoms with van der Waals surface area (Å²) in [5.74, 6) is 0. The van der Waals surface area contributed by atoms with Gasteiger partial charge in [0, 0.05) is 25.0 Å². The third-order valence-corrected chi connectivity index (χ3v) is 3.17. The highest BCUT2D eigenvalue weighted by molar-refractivity contribution is 5.47. The summed E-state index contributed by atoms with van der Waals surface area (Å²) in [5, 5.41) is 3.38. The van der Waals surface area contributed by atoms with Crippen molar-refractivity contribution in [1.82, 2.24) is 10.2 Å². The summed E-state index contributed by atoms with van der Waals surface area (Å²) in [6.45, 7) is 4.18. The fourth-order valence-corrected chi connectivity index (χ4v) is 2.48. The van der Waals surface area contributed by atoms with Gasteiger partial charge in [0.1, 0.15) is 0 Å². The van der Waals surface area contributed by atoms with Crippen LogP contribution in [-0.2, 0) is 4.79 Å². The van der Waals surface area contributed by atoms with E-state index < -0.39 is 0 Å². The summed E-state index contributed by atoms with van der Waals surface area (Å²) in [6, 6.07) is 0. The van der Waals surface area contributed by atoms with Gasteiger partial charge in [-0.05, 0) is 25.8 Å². The molecule has 68 valence electrons. The van der Waals surface area contributed by atoms with Gasteiger partial charge in [-0.3, -0.25) is 4.79 Å². The molecule has 0 radical (unpaired) electrons. The van der Waals surface area contributed by atoms with Gasteiger partial charge in [0.2, 0.25) is 6.41 Å². The van der Waals surface area contributed by atoms with E-state index in [0.29, 0.717) is 5.41 Å². The molecule has 1 amide bonds. The number of nitrogens with one attached hydrogen (secondary N) is 1. The Morgan fingerprint density at radius 3 is 3.00 bits per heavy atom. The van der Waals surface area contributed by atoms with E-state index in [9.17, 15) is 4.79 Å². The minimum absolute atomic E-state index is 0.430. The highest BCUT2D eigenvalue weighted by atomic mass is 16.1. The number of nitrogens with zero attached hydrogens (tertiary/aromatic N) is 1. The normalized spacial score (nSPS) is 35.8. The lowest BCUT2D eigenvalue weighted by Crippen LogP contribution is -2.43. The molecule has 1 atom stereocenters. The van der Waals surface area contributed by atoms with E-state index in [-0.39, 0.29) is 0 Å². The summed E-state index contributed by atoms with van der Waals surface area (Å²) >= 11 is 0. The summed E-state index contributed by atoms with van der Waals surface area (Å²) < 4.78 is 0. The number of likely N-dealkylation sites (tertiary alicyclic amines) is 1. The number of carbonyl (C=O) groups excluding carboxylic acids is 1. The second-order valence-corrected chi connectivity index (χ2v) is 4.11. The van der Waals surface area contributed by atoms with Crippen molar-refractivity contribution in [2.45, 2.75) is 19.3 Å². The van der Waals surface area contributed by atoms with Gasteiger partial charge in [-0.15, -0.1) is 0 Å². The molecule has 0 bridgehead atoms. The first-order valence-corrected chi connectivity index (χ1v) is 4.75. The molecule has 1 unspecified atom stereocenters. The smallest absolute Gasteiger partial charge is 0.209 e. The van der Waals surface area contributed by atoms with Gasteiger partial charge in [-0.2, -0.15) is 0 Å². The Bertz CT molecular complexity index is 175. The predicted molar refractivity (Wildman–Crippen MR) is 46.8 cm³/mol. The van der Waals surface area contributed by atoms with Crippen LogP contribution < -0.4 is 5.32 Å². The van der Waals surface area contributed by atoms with E-state index in [0.717, 1.165) is 32.6 Å². The van der Waals surface area contributed by atoms with Crippen LogP contribution in [-0.4, -0.2) is 37.5 Å². The molecule has 1 N–H and O–H groups in total. The molecule has 0 saturated carbocycles. The van der Waals surface area contributed by atoms with Gasteiger partial charge < -0.3 is 10.2 Å². The van der Waals surface area contributed by atoms with Crippen molar-refractivity contribution in [3.05, 3.63) is 0 Å². The largest absolute Gasteiger partial charge is 0.345 e. The van der Waals surface area contributed by atoms with Crippen LogP contribution in [0.5, 0.6) is 0 Å². The zero-order valence-corrected chi connectivity index (χ0v) is 7.38. The molecule has 2 aliphatic rings. The molecule has 2 saturated heterocycles. The lowest BCUT2D eigenvalue weighted by atomic mass is 9.79. The molecule has 12 heavy (non-hydrogen) atoms. The van der Waals surface area contributed by atoms with Gasteiger partial charge in [-0.25, -0.2) is 0 Å². The third-order valence-electron chi connectivity index (χ3n) is 3.17.